The highest BCUT2D eigenvalue weighted by molar-refractivity contribution is 5.70. The molecule has 0 saturated heterocycles. The molecule has 0 saturated carbocycles. The van der Waals surface area contributed by atoms with Crippen LogP contribution in [0.5, 0.6) is 0 Å². The zero-order valence-electron chi connectivity index (χ0n) is 31.4. The maximum Gasteiger partial charge on any atom is 0.306 e. The van der Waals surface area contributed by atoms with E-state index in [9.17, 15) is 9.59 Å². The van der Waals surface area contributed by atoms with Crippen LogP contribution in [0.2, 0.25) is 0 Å². The predicted molar refractivity (Wildman–Crippen MR) is 196 cm³/mol. The van der Waals surface area contributed by atoms with E-state index in [0.717, 1.165) is 38.5 Å². The summed E-state index contributed by atoms with van der Waals surface area (Å²) in [5.41, 5.74) is 0. The second-order valence-corrected chi connectivity index (χ2v) is 13.9. The van der Waals surface area contributed by atoms with Crippen LogP contribution in [-0.4, -0.2) is 37.9 Å². The van der Waals surface area contributed by atoms with E-state index in [4.69, 9.17) is 14.2 Å². The zero-order chi connectivity index (χ0) is 33.6. The van der Waals surface area contributed by atoms with Crippen LogP contribution in [0, 0.1) is 0 Å². The van der Waals surface area contributed by atoms with Gasteiger partial charge in [-0.15, -0.1) is 0 Å². The molecule has 0 radical (unpaired) electrons. The fraction of sp³-hybridized carbons (Fsp3) is 0.951. The maximum absolute atomic E-state index is 12.5. The molecule has 0 aromatic rings. The third-order valence-electron chi connectivity index (χ3n) is 9.14. The van der Waals surface area contributed by atoms with Crippen molar-refractivity contribution in [3.63, 3.8) is 0 Å². The van der Waals surface area contributed by atoms with Crippen molar-refractivity contribution in [2.45, 2.75) is 232 Å². The van der Waals surface area contributed by atoms with Crippen LogP contribution >= 0.6 is 0 Å². The molecule has 0 aromatic heterocycles. The Morgan fingerprint density at radius 1 is 0.391 bits per heavy atom. The lowest BCUT2D eigenvalue weighted by molar-refractivity contribution is -0.163. The Morgan fingerprint density at radius 2 is 0.717 bits per heavy atom. The van der Waals surface area contributed by atoms with Gasteiger partial charge in [0.15, 0.2) is 6.10 Å². The SMILES string of the molecule is CCCCCCCCCCCCCCCCCC(=O)OCC(COCCCCCCCCCCCC)OC(=O)CCCCCCC. The second kappa shape index (κ2) is 38.3. The van der Waals surface area contributed by atoms with Crippen LogP contribution < -0.4 is 0 Å². The lowest BCUT2D eigenvalue weighted by atomic mass is 10.0. The lowest BCUT2D eigenvalue weighted by Gasteiger charge is -2.18. The quantitative estimate of drug-likeness (QED) is 0.0490. The molecule has 1 unspecified atom stereocenters. The second-order valence-electron chi connectivity index (χ2n) is 13.9. The maximum atomic E-state index is 12.5. The van der Waals surface area contributed by atoms with Gasteiger partial charge in [0.2, 0.25) is 0 Å². The highest BCUT2D eigenvalue weighted by Gasteiger charge is 2.17. The van der Waals surface area contributed by atoms with E-state index in [1.807, 2.05) is 0 Å². The summed E-state index contributed by atoms with van der Waals surface area (Å²) in [4.78, 5) is 24.9. The summed E-state index contributed by atoms with van der Waals surface area (Å²) in [5, 5.41) is 0. The largest absolute Gasteiger partial charge is 0.462 e. The Balaban J connectivity index is 4.02. The molecular formula is C41H80O5. The van der Waals surface area contributed by atoms with Crippen molar-refractivity contribution in [2.75, 3.05) is 19.8 Å². The van der Waals surface area contributed by atoms with E-state index in [1.165, 1.54) is 154 Å². The summed E-state index contributed by atoms with van der Waals surface area (Å²) in [6.45, 7) is 7.78. The summed E-state index contributed by atoms with van der Waals surface area (Å²) in [5.74, 6) is -0.396. The van der Waals surface area contributed by atoms with Gasteiger partial charge in [-0.05, 0) is 19.3 Å². The van der Waals surface area contributed by atoms with Crippen LogP contribution in [-0.2, 0) is 23.8 Å². The van der Waals surface area contributed by atoms with Crippen LogP contribution in [0.25, 0.3) is 0 Å². The van der Waals surface area contributed by atoms with Gasteiger partial charge >= 0.3 is 11.9 Å². The molecule has 0 N–H and O–H groups in total. The van der Waals surface area contributed by atoms with Crippen molar-refractivity contribution >= 4 is 11.9 Å². The number of hydrogen-bond donors (Lipinski definition) is 0. The number of ether oxygens (including phenoxy) is 3. The van der Waals surface area contributed by atoms with Crippen LogP contribution in [0.4, 0.5) is 0 Å². The predicted octanol–water partition coefficient (Wildman–Crippen LogP) is 13.0. The van der Waals surface area contributed by atoms with Crippen molar-refractivity contribution in [3.8, 4) is 0 Å². The van der Waals surface area contributed by atoms with E-state index in [-0.39, 0.29) is 18.5 Å². The minimum atomic E-state index is -0.517. The molecule has 0 spiro atoms. The molecule has 0 heterocycles. The van der Waals surface area contributed by atoms with Gasteiger partial charge in [-0.2, -0.15) is 0 Å². The molecule has 0 bridgehead atoms. The zero-order valence-corrected chi connectivity index (χ0v) is 31.4. The molecule has 0 amide bonds. The average Bonchev–Trinajstić information content (AvgIpc) is 3.05. The minimum Gasteiger partial charge on any atom is -0.462 e. The first-order valence-electron chi connectivity index (χ1n) is 20.6. The van der Waals surface area contributed by atoms with Crippen molar-refractivity contribution in [3.05, 3.63) is 0 Å². The van der Waals surface area contributed by atoms with Gasteiger partial charge in [-0.25, -0.2) is 0 Å². The summed E-state index contributed by atoms with van der Waals surface area (Å²) < 4.78 is 17.1. The molecule has 0 aromatic carbocycles. The average molecular weight is 653 g/mol. The molecule has 0 aliphatic carbocycles. The Bertz CT molecular complexity index is 622. The van der Waals surface area contributed by atoms with Gasteiger partial charge in [0.05, 0.1) is 6.61 Å². The lowest BCUT2D eigenvalue weighted by Crippen LogP contribution is -2.30. The van der Waals surface area contributed by atoms with Crippen molar-refractivity contribution < 1.29 is 23.8 Å². The Morgan fingerprint density at radius 3 is 1.11 bits per heavy atom. The molecule has 0 aliphatic rings. The molecule has 274 valence electrons. The van der Waals surface area contributed by atoms with Gasteiger partial charge < -0.3 is 14.2 Å². The first-order chi connectivity index (χ1) is 22.6. The molecule has 5 nitrogen and oxygen atoms in total. The smallest absolute Gasteiger partial charge is 0.306 e. The van der Waals surface area contributed by atoms with Gasteiger partial charge in [0.25, 0.3) is 0 Å². The number of unbranched alkanes of at least 4 members (excludes halogenated alkanes) is 27. The monoisotopic (exact) mass is 653 g/mol. The van der Waals surface area contributed by atoms with Gasteiger partial charge in [-0.3, -0.25) is 9.59 Å². The molecule has 0 fully saturated rings. The van der Waals surface area contributed by atoms with Crippen LogP contribution in [0.15, 0.2) is 0 Å². The first kappa shape index (κ1) is 44.9. The third-order valence-corrected chi connectivity index (χ3v) is 9.14. The standard InChI is InChI=1S/C41H80O5/c1-4-7-10-13-15-17-19-20-21-22-23-24-26-29-31-34-40(42)45-38-39(46-41(43)35-32-28-12-9-6-3)37-44-36-33-30-27-25-18-16-14-11-8-5-2/h39H,4-38H2,1-3H3. The molecule has 5 heteroatoms. The summed E-state index contributed by atoms with van der Waals surface area (Å²) in [7, 11) is 0. The third kappa shape index (κ3) is 35.7. The van der Waals surface area contributed by atoms with Crippen molar-refractivity contribution in [1.29, 1.82) is 0 Å². The summed E-state index contributed by atoms with van der Waals surface area (Å²) in [6.07, 6.45) is 38.3. The van der Waals surface area contributed by atoms with E-state index >= 15 is 0 Å². The van der Waals surface area contributed by atoms with Gasteiger partial charge in [0.1, 0.15) is 6.61 Å². The topological polar surface area (TPSA) is 61.8 Å². The fourth-order valence-electron chi connectivity index (χ4n) is 6.04. The number of esters is 2. The summed E-state index contributed by atoms with van der Waals surface area (Å²) in [6, 6.07) is 0. The number of rotatable bonds is 38. The van der Waals surface area contributed by atoms with E-state index in [2.05, 4.69) is 20.8 Å². The van der Waals surface area contributed by atoms with Crippen LogP contribution in [0.3, 0.4) is 0 Å². The highest BCUT2D eigenvalue weighted by Crippen LogP contribution is 2.15. The number of hydrogen-bond acceptors (Lipinski definition) is 5. The summed E-state index contributed by atoms with van der Waals surface area (Å²) >= 11 is 0. The van der Waals surface area contributed by atoms with E-state index in [0.29, 0.717) is 26.1 Å². The van der Waals surface area contributed by atoms with E-state index < -0.39 is 6.10 Å². The molecule has 0 rings (SSSR count). The van der Waals surface area contributed by atoms with Crippen molar-refractivity contribution in [1.82, 2.24) is 0 Å². The Hall–Kier alpha value is -1.10. The van der Waals surface area contributed by atoms with Gasteiger partial charge in [0, 0.05) is 19.4 Å². The van der Waals surface area contributed by atoms with Crippen molar-refractivity contribution in [2.24, 2.45) is 0 Å². The molecular weight excluding hydrogens is 572 g/mol. The normalized spacial score (nSPS) is 12.0. The highest BCUT2D eigenvalue weighted by atomic mass is 16.6. The number of carbonyl (C=O) groups is 2. The fourth-order valence-corrected chi connectivity index (χ4v) is 6.04. The molecule has 1 atom stereocenters. The Kier molecular flexibility index (Phi) is 37.4. The molecule has 46 heavy (non-hydrogen) atoms. The van der Waals surface area contributed by atoms with Gasteiger partial charge in [-0.1, -0.05) is 194 Å². The van der Waals surface area contributed by atoms with E-state index in [1.54, 1.807) is 0 Å². The first-order valence-corrected chi connectivity index (χ1v) is 20.6. The van der Waals surface area contributed by atoms with Crippen LogP contribution in [0.1, 0.15) is 226 Å². The minimum absolute atomic E-state index is 0.0944. The molecule has 0 aliphatic heterocycles. The Labute approximate surface area is 287 Å². The number of carbonyl (C=O) groups excluding carboxylic acids is 2.